The van der Waals surface area contributed by atoms with Crippen LogP contribution in [0.15, 0.2) is 36.5 Å². The predicted molar refractivity (Wildman–Crippen MR) is 140 cm³/mol. The zero-order valence-electron chi connectivity index (χ0n) is 22.3. The number of alkyl halides is 3. The minimum atomic E-state index is -4.66. The van der Waals surface area contributed by atoms with Gasteiger partial charge in [-0.25, -0.2) is 14.6 Å². The summed E-state index contributed by atoms with van der Waals surface area (Å²) in [6.07, 6.45) is 1.06. The SMILES string of the molecule is COC(=O)C(C)(C)COc1cc(C)c(-c2ccc(-c3nc(C(F)(F)F)n(COCC[S+](C)C)n3)cc2)cn1. The second-order valence-corrected chi connectivity index (χ2v) is 11.9. The van der Waals surface area contributed by atoms with Crippen LogP contribution >= 0.6 is 0 Å². The molecule has 0 aliphatic rings. The van der Waals surface area contributed by atoms with E-state index in [1.807, 2.05) is 19.4 Å². The summed E-state index contributed by atoms with van der Waals surface area (Å²) in [5.41, 5.74) is 2.13. The van der Waals surface area contributed by atoms with Crippen LogP contribution in [0.2, 0.25) is 0 Å². The molecule has 3 rings (SSSR count). The standard InChI is InChI=1S/C26H32F3N4O4S/c1-17-13-21(37-15-25(2,3)24(34)35-4)30-14-20(17)18-7-9-19(10-8-18)22-31-23(26(27,28)29)33(32-22)16-36-11-12-38(5)6/h7-10,13-14H,11-12,15-16H2,1-6H3/q+1. The third kappa shape index (κ3) is 7.47. The Hall–Kier alpha value is -3.12. The fourth-order valence-electron chi connectivity index (χ4n) is 3.44. The molecule has 0 fully saturated rings. The van der Waals surface area contributed by atoms with Crippen molar-refractivity contribution in [1.29, 1.82) is 0 Å². The summed E-state index contributed by atoms with van der Waals surface area (Å²) in [6.45, 7) is 5.45. The molecule has 38 heavy (non-hydrogen) atoms. The summed E-state index contributed by atoms with van der Waals surface area (Å²) in [5.74, 6) is -0.395. The monoisotopic (exact) mass is 553 g/mol. The van der Waals surface area contributed by atoms with E-state index in [1.54, 1.807) is 50.4 Å². The minimum absolute atomic E-state index is 0.0370. The maximum absolute atomic E-state index is 13.5. The molecule has 12 heteroatoms. The van der Waals surface area contributed by atoms with Crippen molar-refractivity contribution in [3.8, 4) is 28.4 Å². The number of methoxy groups -OCH3 is 1. The van der Waals surface area contributed by atoms with Gasteiger partial charge in [-0.3, -0.25) is 4.79 Å². The number of nitrogens with zero attached hydrogens (tertiary/aromatic N) is 4. The average molecular weight is 554 g/mol. The number of pyridine rings is 1. The van der Waals surface area contributed by atoms with E-state index < -0.39 is 17.4 Å². The smallest absolute Gasteiger partial charge is 0.451 e. The summed E-state index contributed by atoms with van der Waals surface area (Å²) in [6, 6.07) is 8.63. The number of carbonyl (C=O) groups is 1. The fraction of sp³-hybridized carbons (Fsp3) is 0.462. The Labute approximate surface area is 222 Å². The first-order valence-corrected chi connectivity index (χ1v) is 14.0. The molecule has 1 aromatic carbocycles. The van der Waals surface area contributed by atoms with Gasteiger partial charge in [0.15, 0.2) is 5.82 Å². The van der Waals surface area contributed by atoms with Crippen LogP contribution in [0.5, 0.6) is 5.88 Å². The number of rotatable bonds is 11. The molecule has 0 aliphatic heterocycles. The Morgan fingerprint density at radius 2 is 1.76 bits per heavy atom. The quantitative estimate of drug-likeness (QED) is 0.192. The van der Waals surface area contributed by atoms with Crippen LogP contribution in [0.4, 0.5) is 13.2 Å². The minimum Gasteiger partial charge on any atom is -0.476 e. The van der Waals surface area contributed by atoms with Crippen LogP contribution in [0.1, 0.15) is 25.2 Å². The molecule has 0 atom stereocenters. The Morgan fingerprint density at radius 1 is 1.11 bits per heavy atom. The first-order valence-electron chi connectivity index (χ1n) is 11.7. The lowest BCUT2D eigenvalue weighted by molar-refractivity contribution is -0.152. The molecular weight excluding hydrogens is 521 g/mol. The van der Waals surface area contributed by atoms with Crippen molar-refractivity contribution < 1.29 is 32.2 Å². The molecule has 0 saturated carbocycles. The molecule has 206 valence electrons. The van der Waals surface area contributed by atoms with Gasteiger partial charge in [0.05, 0.1) is 31.6 Å². The van der Waals surface area contributed by atoms with Gasteiger partial charge in [-0.1, -0.05) is 24.3 Å². The van der Waals surface area contributed by atoms with Gasteiger partial charge < -0.3 is 14.2 Å². The number of hydrogen-bond acceptors (Lipinski definition) is 7. The molecule has 8 nitrogen and oxygen atoms in total. The Balaban J connectivity index is 1.75. The normalized spacial score (nSPS) is 12.2. The van der Waals surface area contributed by atoms with Crippen molar-refractivity contribution in [2.45, 2.75) is 33.7 Å². The van der Waals surface area contributed by atoms with E-state index in [0.717, 1.165) is 27.1 Å². The lowest BCUT2D eigenvalue weighted by atomic mass is 9.95. The lowest BCUT2D eigenvalue weighted by Crippen LogP contribution is -2.32. The molecule has 0 aliphatic carbocycles. The molecule has 0 radical (unpaired) electrons. The lowest BCUT2D eigenvalue weighted by Gasteiger charge is -2.21. The maximum atomic E-state index is 13.5. The zero-order chi connectivity index (χ0) is 28.1. The van der Waals surface area contributed by atoms with E-state index in [4.69, 9.17) is 14.2 Å². The van der Waals surface area contributed by atoms with Gasteiger partial charge in [-0.2, -0.15) is 13.2 Å². The molecule has 2 heterocycles. The Bertz CT molecular complexity index is 1240. The van der Waals surface area contributed by atoms with E-state index in [1.165, 1.54) is 7.11 Å². The average Bonchev–Trinajstić information content (AvgIpc) is 3.30. The second-order valence-electron chi connectivity index (χ2n) is 9.56. The number of aromatic nitrogens is 4. The zero-order valence-corrected chi connectivity index (χ0v) is 23.1. The number of aryl methyl sites for hydroxylation is 1. The van der Waals surface area contributed by atoms with Crippen LogP contribution in [-0.2, 0) is 38.1 Å². The molecule has 0 N–H and O–H groups in total. The van der Waals surface area contributed by atoms with Crippen molar-refractivity contribution >= 4 is 16.9 Å². The van der Waals surface area contributed by atoms with Gasteiger partial charge in [0, 0.05) is 23.4 Å². The second kappa shape index (κ2) is 12.2. The molecule has 0 spiro atoms. The molecule has 3 aromatic rings. The Morgan fingerprint density at radius 3 is 2.34 bits per heavy atom. The summed E-state index contributed by atoms with van der Waals surface area (Å²) in [5, 5.41) is 4.05. The summed E-state index contributed by atoms with van der Waals surface area (Å²) >= 11 is 0. The van der Waals surface area contributed by atoms with Crippen molar-refractivity contribution in [2.24, 2.45) is 5.41 Å². The largest absolute Gasteiger partial charge is 0.476 e. The van der Waals surface area contributed by atoms with Gasteiger partial charge in [-0.05, 0) is 42.8 Å². The highest BCUT2D eigenvalue weighted by Crippen LogP contribution is 2.31. The van der Waals surface area contributed by atoms with Crippen LogP contribution in [0.25, 0.3) is 22.5 Å². The van der Waals surface area contributed by atoms with E-state index in [2.05, 4.69) is 15.1 Å². The first kappa shape index (κ1) is 29.4. The first-order chi connectivity index (χ1) is 17.8. The molecule has 0 unspecified atom stereocenters. The Kier molecular flexibility index (Phi) is 9.42. The molecule has 0 bridgehead atoms. The predicted octanol–water partition coefficient (Wildman–Crippen LogP) is 4.76. The molecule has 0 amide bonds. The number of halogens is 3. The van der Waals surface area contributed by atoms with Crippen LogP contribution < -0.4 is 4.74 Å². The number of hydrogen-bond donors (Lipinski definition) is 0. The third-order valence-corrected chi connectivity index (χ3v) is 6.62. The number of carbonyl (C=O) groups excluding carboxylic acids is 1. The fourth-order valence-corrected chi connectivity index (χ4v) is 3.89. The van der Waals surface area contributed by atoms with Gasteiger partial charge in [0.2, 0.25) is 11.7 Å². The topological polar surface area (TPSA) is 88.4 Å². The third-order valence-electron chi connectivity index (χ3n) is 5.63. The van der Waals surface area contributed by atoms with Gasteiger partial charge in [-0.15, -0.1) is 5.10 Å². The van der Waals surface area contributed by atoms with E-state index in [-0.39, 0.29) is 36.0 Å². The highest BCUT2D eigenvalue weighted by molar-refractivity contribution is 7.95. The molecule has 2 aromatic heterocycles. The van der Waals surface area contributed by atoms with Crippen LogP contribution in [-0.4, -0.2) is 64.3 Å². The van der Waals surface area contributed by atoms with E-state index in [0.29, 0.717) is 18.1 Å². The highest BCUT2D eigenvalue weighted by Gasteiger charge is 2.38. The van der Waals surface area contributed by atoms with Crippen molar-refractivity contribution in [1.82, 2.24) is 19.7 Å². The number of esters is 1. The maximum Gasteiger partial charge on any atom is 0.451 e. The van der Waals surface area contributed by atoms with Crippen molar-refractivity contribution in [2.75, 3.05) is 38.6 Å². The molecule has 0 saturated heterocycles. The van der Waals surface area contributed by atoms with E-state index in [9.17, 15) is 18.0 Å². The highest BCUT2D eigenvalue weighted by atomic mass is 32.2. The summed E-state index contributed by atoms with van der Waals surface area (Å²) < 4.78 is 57.2. The number of ether oxygens (including phenoxy) is 3. The van der Waals surface area contributed by atoms with E-state index >= 15 is 0 Å². The van der Waals surface area contributed by atoms with Crippen molar-refractivity contribution in [3.63, 3.8) is 0 Å². The molecular formula is C26H32F3N4O4S+. The van der Waals surface area contributed by atoms with Crippen molar-refractivity contribution in [3.05, 3.63) is 47.9 Å². The summed E-state index contributed by atoms with van der Waals surface area (Å²) in [7, 11) is 1.46. The van der Waals surface area contributed by atoms with Gasteiger partial charge in [0.1, 0.15) is 19.1 Å². The van der Waals surface area contributed by atoms with Gasteiger partial charge in [0.25, 0.3) is 0 Å². The van der Waals surface area contributed by atoms with Gasteiger partial charge >= 0.3 is 12.1 Å². The summed E-state index contributed by atoms with van der Waals surface area (Å²) in [4.78, 5) is 19.9. The van der Waals surface area contributed by atoms with Crippen LogP contribution in [0, 0.1) is 12.3 Å². The van der Waals surface area contributed by atoms with Crippen LogP contribution in [0.3, 0.4) is 0 Å². The number of benzene rings is 1.